The molecule has 1 heterocycles. The summed E-state index contributed by atoms with van der Waals surface area (Å²) >= 11 is 0. The second kappa shape index (κ2) is 28.8. The summed E-state index contributed by atoms with van der Waals surface area (Å²) in [5.41, 5.74) is 0. The molecule has 9 amide bonds. The van der Waals surface area contributed by atoms with E-state index in [-0.39, 0.29) is 50.0 Å². The number of aliphatic carboxylic acids is 2. The van der Waals surface area contributed by atoms with Gasteiger partial charge in [-0.2, -0.15) is 0 Å². The number of amides is 9. The number of nitrogens with one attached hydrogen (secondary N) is 9. The average molecular weight is 944 g/mol. The summed E-state index contributed by atoms with van der Waals surface area (Å²) in [5.74, 6) is -12.5. The maximum absolute atomic E-state index is 14.1. The number of carbonyl (C=O) groups is 11. The van der Waals surface area contributed by atoms with E-state index in [0.29, 0.717) is 6.42 Å². The largest absolute Gasteiger partial charge is 0.481 e. The Hall–Kier alpha value is -5.95. The summed E-state index contributed by atoms with van der Waals surface area (Å²) in [7, 11) is 0. The van der Waals surface area contributed by atoms with E-state index in [1.807, 2.05) is 0 Å². The molecule has 25 nitrogen and oxygen atoms in total. The first-order valence-corrected chi connectivity index (χ1v) is 21.9. The van der Waals surface area contributed by atoms with Gasteiger partial charge in [-0.15, -0.1) is 0 Å². The molecule has 0 aromatic rings. The van der Waals surface area contributed by atoms with Crippen LogP contribution in [0.4, 0.5) is 0 Å². The van der Waals surface area contributed by atoms with Gasteiger partial charge in [0.2, 0.25) is 53.2 Å². The minimum atomic E-state index is -1.96. The monoisotopic (exact) mass is 943 g/mol. The number of carboxylic acids is 2. The average Bonchev–Trinajstić information content (AvgIpc) is 3.20. The second-order valence-electron chi connectivity index (χ2n) is 17.1. The molecule has 66 heavy (non-hydrogen) atoms. The van der Waals surface area contributed by atoms with Gasteiger partial charge in [0.1, 0.15) is 48.3 Å². The first-order valence-electron chi connectivity index (χ1n) is 21.9. The van der Waals surface area contributed by atoms with E-state index in [1.165, 1.54) is 6.92 Å². The van der Waals surface area contributed by atoms with Crippen LogP contribution in [0.25, 0.3) is 0 Å². The lowest BCUT2D eigenvalue weighted by Crippen LogP contribution is -2.63. The van der Waals surface area contributed by atoms with Crippen molar-refractivity contribution in [1.29, 1.82) is 0 Å². The number of hydrogen-bond donors (Lipinski definition) is 14. The number of hydrogen-bond acceptors (Lipinski definition) is 14. The highest BCUT2D eigenvalue weighted by Gasteiger charge is 2.38. The molecule has 0 aromatic carbocycles. The van der Waals surface area contributed by atoms with Crippen molar-refractivity contribution < 1.29 is 78.3 Å². The van der Waals surface area contributed by atoms with Gasteiger partial charge in [0, 0.05) is 26.3 Å². The number of carboxylic acid groups (broad SMARTS) is 2. The molecule has 0 aromatic heterocycles. The van der Waals surface area contributed by atoms with E-state index in [4.69, 9.17) is 0 Å². The third-order valence-electron chi connectivity index (χ3n) is 10.1. The Morgan fingerprint density at radius 2 is 0.803 bits per heavy atom. The molecule has 0 radical (unpaired) electrons. The predicted molar refractivity (Wildman–Crippen MR) is 231 cm³/mol. The van der Waals surface area contributed by atoms with E-state index in [9.17, 15) is 78.3 Å². The zero-order chi connectivity index (χ0) is 50.4. The molecule has 1 saturated heterocycles. The number of rotatable bonds is 18. The molecule has 25 heteroatoms. The fraction of sp³-hybridized carbons (Fsp3) is 0.732. The van der Waals surface area contributed by atoms with Crippen molar-refractivity contribution in [3.8, 4) is 0 Å². The first-order chi connectivity index (χ1) is 30.8. The van der Waals surface area contributed by atoms with Crippen molar-refractivity contribution in [2.45, 2.75) is 167 Å². The minimum absolute atomic E-state index is 0.00395. The molecule has 0 saturated carbocycles. The van der Waals surface area contributed by atoms with E-state index >= 15 is 0 Å². The van der Waals surface area contributed by atoms with Crippen molar-refractivity contribution in [3.05, 3.63) is 0 Å². The van der Waals surface area contributed by atoms with Crippen LogP contribution in [0.3, 0.4) is 0 Å². The summed E-state index contributed by atoms with van der Waals surface area (Å²) in [5, 5.41) is 71.7. The Labute approximate surface area is 382 Å². The molecule has 1 fully saturated rings. The van der Waals surface area contributed by atoms with Crippen LogP contribution in [0.15, 0.2) is 0 Å². The standard InChI is InChI=1S/C41H69N9O16/c1-19(2)16-27-37(62)47-28(17-20(3)4)38(63)48-29(18-51)39(64)43-25(11-13-30(55)56)35(60)49-33(22(6)53)41(66)45-26(12-14-31(57)58)36(61)50-32(21(5)52)40(65)44-24(34(59)46-27)10-8-9-15-42-23(7)54/h19-22,24-29,32-33,51-53H,8-18H2,1-7H3,(H,42,54)(H,43,64)(H,44,65)(H,45,66)(H,46,59)(H,47,62)(H,48,63)(H,49,60)(H,50,61)(H,55,56)(H,57,58)/t21?,22?,24-,25-,26-,27+,28-,29-,32-,33-/m0/s1. The van der Waals surface area contributed by atoms with Crippen molar-refractivity contribution in [2.75, 3.05) is 13.2 Å². The quantitative estimate of drug-likeness (QED) is 0.0579. The van der Waals surface area contributed by atoms with Gasteiger partial charge in [-0.05, 0) is 70.6 Å². The fourth-order valence-electron chi connectivity index (χ4n) is 6.61. The number of carbonyl (C=O) groups excluding carboxylic acids is 9. The van der Waals surface area contributed by atoms with Gasteiger partial charge in [-0.1, -0.05) is 27.7 Å². The Balaban J connectivity index is 3.98. The molecule has 374 valence electrons. The smallest absolute Gasteiger partial charge is 0.303 e. The van der Waals surface area contributed by atoms with E-state index < -0.39 is 152 Å². The van der Waals surface area contributed by atoms with E-state index in [0.717, 1.165) is 13.8 Å². The third kappa shape index (κ3) is 21.4. The molecular formula is C41H69N9O16. The molecule has 0 bridgehead atoms. The zero-order valence-corrected chi connectivity index (χ0v) is 38.4. The Morgan fingerprint density at radius 3 is 1.15 bits per heavy atom. The second-order valence-corrected chi connectivity index (χ2v) is 17.1. The van der Waals surface area contributed by atoms with Crippen molar-refractivity contribution in [1.82, 2.24) is 47.9 Å². The predicted octanol–water partition coefficient (Wildman–Crippen LogP) is -4.24. The SMILES string of the molecule is CC(=O)NCCCC[C@@H]1NC(=O)[C@H](C(C)O)NC(=O)[C@H](CCC(=O)O)NC(=O)[C@H](C(C)O)NC(=O)[C@H](CCC(=O)O)NC(=O)[C@H](CO)NC(=O)[C@H](CC(C)C)NC(=O)[C@@H](CC(C)C)NC1=O. The van der Waals surface area contributed by atoms with Crippen LogP contribution in [0.1, 0.15) is 106 Å². The lowest BCUT2D eigenvalue weighted by Gasteiger charge is -2.30. The summed E-state index contributed by atoms with van der Waals surface area (Å²) in [6.45, 7) is 9.53. The highest BCUT2D eigenvalue weighted by atomic mass is 16.4. The minimum Gasteiger partial charge on any atom is -0.481 e. The summed E-state index contributed by atoms with van der Waals surface area (Å²) in [6.07, 6.45) is -5.76. The lowest BCUT2D eigenvalue weighted by molar-refractivity contribution is -0.140. The molecule has 0 spiro atoms. The number of aliphatic hydroxyl groups is 3. The van der Waals surface area contributed by atoms with Gasteiger partial charge in [0.15, 0.2) is 0 Å². The van der Waals surface area contributed by atoms with Crippen molar-refractivity contribution in [2.24, 2.45) is 11.8 Å². The summed E-state index contributed by atoms with van der Waals surface area (Å²) < 4.78 is 0. The number of aliphatic hydroxyl groups excluding tert-OH is 3. The normalized spacial score (nSPS) is 25.6. The zero-order valence-electron chi connectivity index (χ0n) is 38.4. The van der Waals surface area contributed by atoms with Crippen LogP contribution in [-0.2, 0) is 52.7 Å². The van der Waals surface area contributed by atoms with Crippen LogP contribution in [-0.4, -0.2) is 164 Å². The molecule has 1 aliphatic rings. The Kier molecular flexibility index (Phi) is 25.4. The summed E-state index contributed by atoms with van der Waals surface area (Å²) in [4.78, 5) is 145. The maximum Gasteiger partial charge on any atom is 0.303 e. The fourth-order valence-corrected chi connectivity index (χ4v) is 6.61. The third-order valence-corrected chi connectivity index (χ3v) is 10.1. The topological polar surface area (TPSA) is 397 Å². The van der Waals surface area contributed by atoms with Gasteiger partial charge < -0.3 is 73.4 Å². The summed E-state index contributed by atoms with van der Waals surface area (Å²) in [6, 6.07) is -13.4. The van der Waals surface area contributed by atoms with Crippen LogP contribution < -0.4 is 47.9 Å². The molecule has 1 rings (SSSR count). The lowest BCUT2D eigenvalue weighted by atomic mass is 9.99. The van der Waals surface area contributed by atoms with E-state index in [2.05, 4.69) is 47.9 Å². The van der Waals surface area contributed by atoms with Gasteiger partial charge in [-0.25, -0.2) is 0 Å². The molecule has 2 unspecified atom stereocenters. The van der Waals surface area contributed by atoms with Crippen LogP contribution >= 0.6 is 0 Å². The van der Waals surface area contributed by atoms with E-state index in [1.54, 1.807) is 27.7 Å². The molecule has 10 atom stereocenters. The Bertz CT molecular complexity index is 1730. The highest BCUT2D eigenvalue weighted by molar-refractivity contribution is 5.99. The van der Waals surface area contributed by atoms with Crippen molar-refractivity contribution in [3.63, 3.8) is 0 Å². The molecule has 1 aliphatic heterocycles. The Morgan fingerprint density at radius 1 is 0.485 bits per heavy atom. The first kappa shape index (κ1) is 58.1. The van der Waals surface area contributed by atoms with Crippen LogP contribution in [0.5, 0.6) is 0 Å². The van der Waals surface area contributed by atoms with Gasteiger partial charge in [-0.3, -0.25) is 52.7 Å². The number of unbranched alkanes of at least 4 members (excludes halogenated alkanes) is 1. The molecule has 0 aliphatic carbocycles. The van der Waals surface area contributed by atoms with Crippen LogP contribution in [0, 0.1) is 11.8 Å². The van der Waals surface area contributed by atoms with Gasteiger partial charge in [0.05, 0.1) is 18.8 Å². The highest BCUT2D eigenvalue weighted by Crippen LogP contribution is 2.12. The maximum atomic E-state index is 14.1. The molecule has 14 N–H and O–H groups in total. The van der Waals surface area contributed by atoms with Gasteiger partial charge in [0.25, 0.3) is 0 Å². The van der Waals surface area contributed by atoms with Gasteiger partial charge >= 0.3 is 11.9 Å². The van der Waals surface area contributed by atoms with Crippen LogP contribution in [0.2, 0.25) is 0 Å². The van der Waals surface area contributed by atoms with Crippen molar-refractivity contribution >= 4 is 65.1 Å². The molecular weight excluding hydrogens is 874 g/mol.